The van der Waals surface area contributed by atoms with Crippen molar-refractivity contribution >= 4 is 23.3 Å². The number of hydrogen-bond donors (Lipinski definition) is 1. The number of imidazole rings is 1. The number of rotatable bonds is 7. The van der Waals surface area contributed by atoms with Crippen molar-refractivity contribution in [2.75, 3.05) is 7.11 Å². The van der Waals surface area contributed by atoms with Gasteiger partial charge in [-0.15, -0.1) is 0 Å². The van der Waals surface area contributed by atoms with Gasteiger partial charge in [-0.05, 0) is 36.2 Å². The zero-order valence-electron chi connectivity index (χ0n) is 13.5. The minimum absolute atomic E-state index is 0.252. The van der Waals surface area contributed by atoms with Gasteiger partial charge < -0.3 is 14.3 Å². The third-order valence-electron chi connectivity index (χ3n) is 4.02. The molecule has 0 bridgehead atoms. The SMILES string of the molecule is CCCCCC(C)(C)Cn1c(=S)[nH]c2cc(OC)ccc21. The summed E-state index contributed by atoms with van der Waals surface area (Å²) in [4.78, 5) is 3.29. The van der Waals surface area contributed by atoms with Crippen LogP contribution in [0.1, 0.15) is 46.5 Å². The fourth-order valence-corrected chi connectivity index (χ4v) is 3.06. The number of aromatic nitrogens is 2. The Morgan fingerprint density at radius 1 is 1.29 bits per heavy atom. The first-order chi connectivity index (χ1) is 9.96. The lowest BCUT2D eigenvalue weighted by atomic mass is 9.87. The normalized spacial score (nSPS) is 12.0. The van der Waals surface area contributed by atoms with Crippen LogP contribution in [0.2, 0.25) is 0 Å². The van der Waals surface area contributed by atoms with E-state index in [1.807, 2.05) is 12.1 Å². The number of aromatic amines is 1. The van der Waals surface area contributed by atoms with Crippen LogP contribution in [0.5, 0.6) is 5.75 Å². The number of benzene rings is 1. The molecule has 0 spiro atoms. The Morgan fingerprint density at radius 2 is 2.05 bits per heavy atom. The molecule has 2 rings (SSSR count). The van der Waals surface area contributed by atoms with Crippen LogP contribution < -0.4 is 4.74 Å². The van der Waals surface area contributed by atoms with E-state index in [1.54, 1.807) is 7.11 Å². The number of ether oxygens (including phenoxy) is 1. The molecule has 116 valence electrons. The molecule has 3 nitrogen and oxygen atoms in total. The second-order valence-corrected chi connectivity index (χ2v) is 6.91. The molecular formula is C17H26N2OS. The molecule has 1 aromatic carbocycles. The van der Waals surface area contributed by atoms with E-state index in [-0.39, 0.29) is 5.41 Å². The van der Waals surface area contributed by atoms with Crippen LogP contribution in [0.15, 0.2) is 18.2 Å². The predicted octanol–water partition coefficient (Wildman–Crippen LogP) is 5.31. The van der Waals surface area contributed by atoms with Crippen LogP contribution in [-0.2, 0) is 6.54 Å². The Hall–Kier alpha value is -1.29. The maximum absolute atomic E-state index is 5.50. The van der Waals surface area contributed by atoms with Crippen molar-refractivity contribution in [3.63, 3.8) is 0 Å². The third kappa shape index (κ3) is 3.88. The highest BCUT2D eigenvalue weighted by Crippen LogP contribution is 2.29. The van der Waals surface area contributed by atoms with Crippen molar-refractivity contribution in [3.05, 3.63) is 23.0 Å². The van der Waals surface area contributed by atoms with Gasteiger partial charge >= 0.3 is 0 Å². The van der Waals surface area contributed by atoms with Crippen LogP contribution >= 0.6 is 12.2 Å². The molecule has 1 aromatic heterocycles. The van der Waals surface area contributed by atoms with Crippen molar-refractivity contribution < 1.29 is 4.74 Å². The molecule has 0 saturated heterocycles. The monoisotopic (exact) mass is 306 g/mol. The maximum atomic E-state index is 5.50. The first kappa shape index (κ1) is 16.1. The number of nitrogens with one attached hydrogen (secondary N) is 1. The molecule has 0 unspecified atom stereocenters. The number of fused-ring (bicyclic) bond motifs is 1. The van der Waals surface area contributed by atoms with E-state index in [2.05, 4.69) is 36.4 Å². The fraction of sp³-hybridized carbons (Fsp3) is 0.588. The fourth-order valence-electron chi connectivity index (χ4n) is 2.79. The van der Waals surface area contributed by atoms with Crippen LogP contribution in [0.3, 0.4) is 0 Å². The number of hydrogen-bond acceptors (Lipinski definition) is 2. The molecule has 1 heterocycles. The minimum atomic E-state index is 0.252. The lowest BCUT2D eigenvalue weighted by Gasteiger charge is -2.25. The molecule has 0 aliphatic carbocycles. The number of nitrogens with zero attached hydrogens (tertiary/aromatic N) is 1. The summed E-state index contributed by atoms with van der Waals surface area (Å²) < 4.78 is 8.29. The summed E-state index contributed by atoms with van der Waals surface area (Å²) in [6.07, 6.45) is 5.08. The number of unbranched alkanes of at least 4 members (excludes halogenated alkanes) is 2. The topological polar surface area (TPSA) is 29.9 Å². The highest BCUT2D eigenvalue weighted by molar-refractivity contribution is 7.71. The molecule has 0 saturated carbocycles. The Bertz CT molecular complexity index is 654. The summed E-state index contributed by atoms with van der Waals surface area (Å²) in [6.45, 7) is 7.84. The Kier molecular flexibility index (Phi) is 5.09. The van der Waals surface area contributed by atoms with Gasteiger partial charge in [-0.25, -0.2) is 0 Å². The maximum Gasteiger partial charge on any atom is 0.178 e. The Labute approximate surface area is 132 Å². The van der Waals surface area contributed by atoms with Crippen molar-refractivity contribution in [3.8, 4) is 5.75 Å². The molecule has 21 heavy (non-hydrogen) atoms. The van der Waals surface area contributed by atoms with Gasteiger partial charge in [-0.1, -0.05) is 40.0 Å². The highest BCUT2D eigenvalue weighted by atomic mass is 32.1. The van der Waals surface area contributed by atoms with Crippen LogP contribution in [-0.4, -0.2) is 16.7 Å². The summed E-state index contributed by atoms with van der Waals surface area (Å²) in [5, 5.41) is 0. The second kappa shape index (κ2) is 6.65. The van der Waals surface area contributed by atoms with Crippen LogP contribution in [0.4, 0.5) is 0 Å². The molecule has 0 atom stereocenters. The first-order valence-corrected chi connectivity index (χ1v) is 8.14. The third-order valence-corrected chi connectivity index (χ3v) is 4.35. The lowest BCUT2D eigenvalue weighted by Crippen LogP contribution is -2.19. The van der Waals surface area contributed by atoms with Crippen LogP contribution in [0, 0.1) is 10.2 Å². The molecule has 2 aromatic rings. The minimum Gasteiger partial charge on any atom is -0.497 e. The van der Waals surface area contributed by atoms with Gasteiger partial charge in [0.15, 0.2) is 4.77 Å². The predicted molar refractivity (Wildman–Crippen MR) is 91.6 cm³/mol. The van der Waals surface area contributed by atoms with E-state index < -0.39 is 0 Å². The zero-order valence-corrected chi connectivity index (χ0v) is 14.3. The van der Waals surface area contributed by atoms with Crippen molar-refractivity contribution in [1.29, 1.82) is 0 Å². The van der Waals surface area contributed by atoms with Gasteiger partial charge in [-0.3, -0.25) is 0 Å². The van der Waals surface area contributed by atoms with E-state index in [0.717, 1.165) is 28.1 Å². The Balaban J connectivity index is 2.25. The Morgan fingerprint density at radius 3 is 2.71 bits per heavy atom. The van der Waals surface area contributed by atoms with E-state index in [9.17, 15) is 0 Å². The average molecular weight is 306 g/mol. The summed E-state index contributed by atoms with van der Waals surface area (Å²) >= 11 is 5.50. The van der Waals surface area contributed by atoms with Gasteiger partial charge in [0.2, 0.25) is 0 Å². The summed E-state index contributed by atoms with van der Waals surface area (Å²) in [5.41, 5.74) is 2.45. The summed E-state index contributed by atoms with van der Waals surface area (Å²) in [6, 6.07) is 6.08. The average Bonchev–Trinajstić information content (AvgIpc) is 2.74. The zero-order chi connectivity index (χ0) is 15.5. The quantitative estimate of drug-likeness (QED) is 0.554. The molecule has 1 N–H and O–H groups in total. The molecule has 0 amide bonds. The summed E-state index contributed by atoms with van der Waals surface area (Å²) in [5.74, 6) is 0.855. The van der Waals surface area contributed by atoms with Gasteiger partial charge in [0.1, 0.15) is 5.75 Å². The summed E-state index contributed by atoms with van der Waals surface area (Å²) in [7, 11) is 1.68. The van der Waals surface area contributed by atoms with E-state index in [4.69, 9.17) is 17.0 Å². The molecular weight excluding hydrogens is 280 g/mol. The van der Waals surface area contributed by atoms with Gasteiger partial charge in [0, 0.05) is 12.6 Å². The number of H-pyrrole nitrogens is 1. The van der Waals surface area contributed by atoms with Gasteiger partial charge in [0.05, 0.1) is 18.1 Å². The highest BCUT2D eigenvalue weighted by Gasteiger charge is 2.20. The molecule has 0 aliphatic heterocycles. The molecule has 0 fully saturated rings. The molecule has 0 radical (unpaired) electrons. The molecule has 0 aliphatic rings. The standard InChI is InChI=1S/C17H26N2OS/c1-5-6-7-10-17(2,3)12-19-15-9-8-13(20-4)11-14(15)18-16(19)21/h8-9,11H,5-7,10,12H2,1-4H3,(H,18,21). The lowest BCUT2D eigenvalue weighted by molar-refractivity contribution is 0.273. The van der Waals surface area contributed by atoms with Crippen LogP contribution in [0.25, 0.3) is 11.0 Å². The van der Waals surface area contributed by atoms with E-state index in [1.165, 1.54) is 25.7 Å². The molecule has 4 heteroatoms. The number of methoxy groups -OCH3 is 1. The van der Waals surface area contributed by atoms with E-state index in [0.29, 0.717) is 0 Å². The first-order valence-electron chi connectivity index (χ1n) is 7.73. The van der Waals surface area contributed by atoms with E-state index >= 15 is 0 Å². The van der Waals surface area contributed by atoms with Gasteiger partial charge in [0.25, 0.3) is 0 Å². The second-order valence-electron chi connectivity index (χ2n) is 6.52. The smallest absolute Gasteiger partial charge is 0.178 e. The van der Waals surface area contributed by atoms with Crippen molar-refractivity contribution in [1.82, 2.24) is 9.55 Å². The van der Waals surface area contributed by atoms with Crippen molar-refractivity contribution in [2.45, 2.75) is 53.0 Å². The van der Waals surface area contributed by atoms with Gasteiger partial charge in [-0.2, -0.15) is 0 Å². The largest absolute Gasteiger partial charge is 0.497 e. The van der Waals surface area contributed by atoms with Crippen molar-refractivity contribution in [2.24, 2.45) is 5.41 Å².